The van der Waals surface area contributed by atoms with Crippen LogP contribution < -0.4 is 5.32 Å². The van der Waals surface area contributed by atoms with Crippen molar-refractivity contribution in [3.8, 4) is 0 Å². The highest BCUT2D eigenvalue weighted by molar-refractivity contribution is 5.76. The van der Waals surface area contributed by atoms with E-state index in [1.54, 1.807) is 0 Å². The van der Waals surface area contributed by atoms with E-state index in [2.05, 4.69) is 19.2 Å². The maximum Gasteiger partial charge on any atom is 0.323 e. The fourth-order valence-corrected chi connectivity index (χ4v) is 1.79. The summed E-state index contributed by atoms with van der Waals surface area (Å²) in [7, 11) is 0. The van der Waals surface area contributed by atoms with Crippen LogP contribution in [0.15, 0.2) is 0 Å². The molecule has 3 nitrogen and oxygen atoms in total. The SMILES string of the molecule is CCCC(C)COC(=O)[C@H]1CCCN1. The summed E-state index contributed by atoms with van der Waals surface area (Å²) in [5.41, 5.74) is 0. The van der Waals surface area contributed by atoms with Crippen LogP contribution in [0.3, 0.4) is 0 Å². The van der Waals surface area contributed by atoms with E-state index in [1.165, 1.54) is 0 Å². The largest absolute Gasteiger partial charge is 0.464 e. The molecule has 0 aromatic carbocycles. The Bertz CT molecular complexity index is 176. The molecule has 1 aliphatic rings. The van der Waals surface area contributed by atoms with Crippen molar-refractivity contribution < 1.29 is 9.53 Å². The van der Waals surface area contributed by atoms with Gasteiger partial charge in [-0.05, 0) is 31.7 Å². The van der Waals surface area contributed by atoms with Crippen LogP contribution in [-0.4, -0.2) is 25.2 Å². The van der Waals surface area contributed by atoms with Gasteiger partial charge in [0.1, 0.15) is 6.04 Å². The summed E-state index contributed by atoms with van der Waals surface area (Å²) in [5, 5.41) is 3.14. The third kappa shape index (κ3) is 3.66. The first-order valence-electron chi connectivity index (χ1n) is 5.64. The van der Waals surface area contributed by atoms with Gasteiger partial charge in [0.15, 0.2) is 0 Å². The van der Waals surface area contributed by atoms with Crippen molar-refractivity contribution in [2.45, 2.75) is 45.6 Å². The molecule has 0 aromatic rings. The molecule has 0 bridgehead atoms. The van der Waals surface area contributed by atoms with Gasteiger partial charge in [0.05, 0.1) is 6.61 Å². The molecule has 0 aliphatic carbocycles. The van der Waals surface area contributed by atoms with Crippen LogP contribution in [-0.2, 0) is 9.53 Å². The molecule has 1 heterocycles. The Labute approximate surface area is 86.2 Å². The first-order valence-corrected chi connectivity index (χ1v) is 5.64. The Morgan fingerprint density at radius 3 is 3.00 bits per heavy atom. The minimum absolute atomic E-state index is 0.0381. The summed E-state index contributed by atoms with van der Waals surface area (Å²) in [5.74, 6) is 0.427. The number of rotatable bonds is 5. The van der Waals surface area contributed by atoms with Crippen LogP contribution >= 0.6 is 0 Å². The maximum atomic E-state index is 11.5. The van der Waals surface area contributed by atoms with Crippen molar-refractivity contribution in [1.29, 1.82) is 0 Å². The molecule has 1 unspecified atom stereocenters. The molecule has 2 atom stereocenters. The topological polar surface area (TPSA) is 38.3 Å². The molecule has 0 radical (unpaired) electrons. The highest BCUT2D eigenvalue weighted by atomic mass is 16.5. The van der Waals surface area contributed by atoms with Gasteiger partial charge in [-0.3, -0.25) is 4.79 Å². The maximum absolute atomic E-state index is 11.5. The molecule has 0 amide bonds. The molecule has 0 saturated carbocycles. The Balaban J connectivity index is 2.13. The molecule has 0 spiro atoms. The highest BCUT2D eigenvalue weighted by Gasteiger charge is 2.23. The lowest BCUT2D eigenvalue weighted by atomic mass is 10.1. The van der Waals surface area contributed by atoms with E-state index >= 15 is 0 Å². The first kappa shape index (κ1) is 11.5. The second-order valence-electron chi connectivity index (χ2n) is 4.17. The molecule has 1 rings (SSSR count). The van der Waals surface area contributed by atoms with E-state index in [9.17, 15) is 4.79 Å². The van der Waals surface area contributed by atoms with Crippen LogP contribution in [0.1, 0.15) is 39.5 Å². The van der Waals surface area contributed by atoms with Crippen molar-refractivity contribution in [3.63, 3.8) is 0 Å². The van der Waals surface area contributed by atoms with Crippen molar-refractivity contribution in [2.75, 3.05) is 13.2 Å². The van der Waals surface area contributed by atoms with Crippen LogP contribution in [0.4, 0.5) is 0 Å². The number of hydrogen-bond donors (Lipinski definition) is 1. The second-order valence-corrected chi connectivity index (χ2v) is 4.17. The third-order valence-electron chi connectivity index (χ3n) is 2.64. The molecule has 1 fully saturated rings. The third-order valence-corrected chi connectivity index (χ3v) is 2.64. The van der Waals surface area contributed by atoms with Gasteiger partial charge in [-0.25, -0.2) is 0 Å². The summed E-state index contributed by atoms with van der Waals surface area (Å²) in [6.07, 6.45) is 4.30. The Morgan fingerprint density at radius 1 is 1.64 bits per heavy atom. The zero-order valence-corrected chi connectivity index (χ0v) is 9.21. The zero-order valence-electron chi connectivity index (χ0n) is 9.21. The van der Waals surface area contributed by atoms with Gasteiger partial charge in [0, 0.05) is 0 Å². The molecular formula is C11H21NO2. The number of hydrogen-bond acceptors (Lipinski definition) is 3. The van der Waals surface area contributed by atoms with Gasteiger partial charge >= 0.3 is 5.97 Å². The Morgan fingerprint density at radius 2 is 2.43 bits per heavy atom. The molecule has 1 saturated heterocycles. The molecule has 82 valence electrons. The van der Waals surface area contributed by atoms with E-state index in [1.807, 2.05) is 0 Å². The first-order chi connectivity index (χ1) is 6.74. The second kappa shape index (κ2) is 6.02. The molecule has 1 N–H and O–H groups in total. The smallest absolute Gasteiger partial charge is 0.323 e. The molecule has 3 heteroatoms. The summed E-state index contributed by atoms with van der Waals surface area (Å²) >= 11 is 0. The van der Waals surface area contributed by atoms with Crippen molar-refractivity contribution in [1.82, 2.24) is 5.32 Å². The van der Waals surface area contributed by atoms with Gasteiger partial charge < -0.3 is 10.1 Å². The predicted molar refractivity (Wildman–Crippen MR) is 56.1 cm³/mol. The number of nitrogens with one attached hydrogen (secondary N) is 1. The minimum Gasteiger partial charge on any atom is -0.464 e. The summed E-state index contributed by atoms with van der Waals surface area (Å²) < 4.78 is 5.24. The lowest BCUT2D eigenvalue weighted by Crippen LogP contribution is -2.33. The fraction of sp³-hybridized carbons (Fsp3) is 0.909. The number of carbonyl (C=O) groups excluding carboxylic acids is 1. The predicted octanol–water partition coefficient (Wildman–Crippen LogP) is 1.72. The van der Waals surface area contributed by atoms with Crippen LogP contribution in [0.2, 0.25) is 0 Å². The van der Waals surface area contributed by atoms with Gasteiger partial charge in [-0.15, -0.1) is 0 Å². The van der Waals surface area contributed by atoms with Crippen molar-refractivity contribution in [3.05, 3.63) is 0 Å². The monoisotopic (exact) mass is 199 g/mol. The number of carbonyl (C=O) groups is 1. The molecule has 0 aromatic heterocycles. The van der Waals surface area contributed by atoms with E-state index in [0.29, 0.717) is 12.5 Å². The van der Waals surface area contributed by atoms with Crippen LogP contribution in [0.25, 0.3) is 0 Å². The van der Waals surface area contributed by atoms with Crippen molar-refractivity contribution in [2.24, 2.45) is 5.92 Å². The van der Waals surface area contributed by atoms with E-state index in [0.717, 1.165) is 32.2 Å². The Kier molecular flexibility index (Phi) is 4.94. The van der Waals surface area contributed by atoms with Gasteiger partial charge in [0.25, 0.3) is 0 Å². The average molecular weight is 199 g/mol. The van der Waals surface area contributed by atoms with Crippen LogP contribution in [0, 0.1) is 5.92 Å². The summed E-state index contributed by atoms with van der Waals surface area (Å²) in [4.78, 5) is 11.5. The number of ether oxygens (including phenoxy) is 1. The lowest BCUT2D eigenvalue weighted by molar-refractivity contribution is -0.147. The Hall–Kier alpha value is -0.570. The fourth-order valence-electron chi connectivity index (χ4n) is 1.79. The molecule has 14 heavy (non-hydrogen) atoms. The average Bonchev–Trinajstić information content (AvgIpc) is 2.67. The lowest BCUT2D eigenvalue weighted by Gasteiger charge is -2.13. The quantitative estimate of drug-likeness (QED) is 0.685. The van der Waals surface area contributed by atoms with Gasteiger partial charge in [-0.2, -0.15) is 0 Å². The number of esters is 1. The van der Waals surface area contributed by atoms with E-state index in [4.69, 9.17) is 4.74 Å². The van der Waals surface area contributed by atoms with Crippen molar-refractivity contribution >= 4 is 5.97 Å². The standard InChI is InChI=1S/C11H21NO2/c1-3-5-9(2)8-14-11(13)10-6-4-7-12-10/h9-10,12H,3-8H2,1-2H3/t9?,10-/m1/s1. The minimum atomic E-state index is -0.0644. The summed E-state index contributed by atoms with van der Waals surface area (Å²) in [6.45, 7) is 5.80. The normalized spacial score (nSPS) is 23.4. The summed E-state index contributed by atoms with van der Waals surface area (Å²) in [6, 6.07) is -0.0381. The van der Waals surface area contributed by atoms with Crippen LogP contribution in [0.5, 0.6) is 0 Å². The molecular weight excluding hydrogens is 178 g/mol. The van der Waals surface area contributed by atoms with E-state index < -0.39 is 0 Å². The zero-order chi connectivity index (χ0) is 10.4. The molecule has 1 aliphatic heterocycles. The van der Waals surface area contributed by atoms with E-state index in [-0.39, 0.29) is 12.0 Å². The highest BCUT2D eigenvalue weighted by Crippen LogP contribution is 2.09. The van der Waals surface area contributed by atoms with Gasteiger partial charge in [0.2, 0.25) is 0 Å². The van der Waals surface area contributed by atoms with Gasteiger partial charge in [-0.1, -0.05) is 20.3 Å².